The highest BCUT2D eigenvalue weighted by Gasteiger charge is 2.31. The van der Waals surface area contributed by atoms with Gasteiger partial charge in [0, 0.05) is 0 Å². The molecular weight excluding hydrogens is 238 g/mol. The van der Waals surface area contributed by atoms with Crippen LogP contribution in [0.15, 0.2) is 30.3 Å². The van der Waals surface area contributed by atoms with Gasteiger partial charge < -0.3 is 4.74 Å². The highest BCUT2D eigenvalue weighted by Crippen LogP contribution is 2.21. The fourth-order valence-electron chi connectivity index (χ4n) is 1.70. The Hall–Kier alpha value is -1.51. The van der Waals surface area contributed by atoms with Crippen LogP contribution >= 0.6 is 0 Å². The normalized spacial score (nSPS) is 14.2. The number of ether oxygens (including phenoxy) is 1. The lowest BCUT2D eigenvalue weighted by Crippen LogP contribution is -2.45. The lowest BCUT2D eigenvalue weighted by molar-refractivity contribution is 0.000130. The summed E-state index contributed by atoms with van der Waals surface area (Å²) >= 11 is 0. The molecule has 0 aliphatic carbocycles. The van der Waals surface area contributed by atoms with E-state index in [2.05, 4.69) is 11.4 Å². The van der Waals surface area contributed by atoms with Crippen molar-refractivity contribution in [2.45, 2.75) is 18.9 Å². The second-order valence-electron chi connectivity index (χ2n) is 3.82. The first-order valence-electron chi connectivity index (χ1n) is 5.72. The first kappa shape index (κ1) is 14.6. The quantitative estimate of drug-likeness (QED) is 0.812. The second kappa shape index (κ2) is 7.04. The summed E-state index contributed by atoms with van der Waals surface area (Å²) < 4.78 is 29.1. The van der Waals surface area contributed by atoms with Gasteiger partial charge in [0.1, 0.15) is 6.61 Å². The van der Waals surface area contributed by atoms with Crippen LogP contribution in [0.3, 0.4) is 0 Å². The molecule has 0 fully saturated rings. The van der Waals surface area contributed by atoms with Crippen LogP contribution in [-0.4, -0.2) is 26.2 Å². The topological polar surface area (TPSA) is 45.0 Å². The first-order chi connectivity index (χ1) is 8.64. The molecule has 1 aromatic rings. The molecule has 0 radical (unpaired) electrons. The van der Waals surface area contributed by atoms with Gasteiger partial charge in [0.15, 0.2) is 5.54 Å². The Kier molecular flexibility index (Phi) is 5.69. The Labute approximate surface area is 105 Å². The Balaban J connectivity index is 2.85. The summed E-state index contributed by atoms with van der Waals surface area (Å²) in [7, 11) is 0. The molecule has 1 atom stereocenters. The summed E-state index contributed by atoms with van der Waals surface area (Å²) in [6.07, 6.45) is -2.53. The third-order valence-corrected chi connectivity index (χ3v) is 2.50. The molecule has 1 unspecified atom stereocenters. The molecule has 98 valence electrons. The van der Waals surface area contributed by atoms with Gasteiger partial charge in [-0.2, -0.15) is 5.26 Å². The Morgan fingerprint density at radius 1 is 1.39 bits per heavy atom. The van der Waals surface area contributed by atoms with Gasteiger partial charge in [-0.1, -0.05) is 37.3 Å². The van der Waals surface area contributed by atoms with Crippen LogP contribution in [0.1, 0.15) is 12.5 Å². The molecule has 0 aliphatic heterocycles. The van der Waals surface area contributed by atoms with Crippen LogP contribution in [0.25, 0.3) is 0 Å². The van der Waals surface area contributed by atoms with Crippen molar-refractivity contribution in [2.24, 2.45) is 0 Å². The summed E-state index contributed by atoms with van der Waals surface area (Å²) in [4.78, 5) is 0. The van der Waals surface area contributed by atoms with Crippen LogP contribution in [0, 0.1) is 11.3 Å². The van der Waals surface area contributed by atoms with E-state index >= 15 is 0 Å². The standard InChI is InChI=1S/C13H16F2N2O/c1-2-17-13(9-16,10-18-8-12(14)15)11-6-4-3-5-7-11/h3-7,12,17H,2,8,10H2,1H3. The summed E-state index contributed by atoms with van der Waals surface area (Å²) in [5, 5.41) is 12.4. The van der Waals surface area contributed by atoms with Crippen molar-refractivity contribution in [1.29, 1.82) is 5.26 Å². The number of likely N-dealkylation sites (N-methyl/N-ethyl adjacent to an activating group) is 1. The van der Waals surface area contributed by atoms with Crippen LogP contribution in [-0.2, 0) is 10.3 Å². The highest BCUT2D eigenvalue weighted by atomic mass is 19.3. The van der Waals surface area contributed by atoms with E-state index < -0.39 is 18.6 Å². The lowest BCUT2D eigenvalue weighted by atomic mass is 9.92. The first-order valence-corrected chi connectivity index (χ1v) is 5.72. The molecule has 1 rings (SSSR count). The number of nitriles is 1. The average Bonchev–Trinajstić information content (AvgIpc) is 2.38. The summed E-state index contributed by atoms with van der Waals surface area (Å²) in [5.41, 5.74) is -0.367. The lowest BCUT2D eigenvalue weighted by Gasteiger charge is -2.27. The van der Waals surface area contributed by atoms with E-state index in [0.29, 0.717) is 12.1 Å². The van der Waals surface area contributed by atoms with Gasteiger partial charge in [0.25, 0.3) is 6.43 Å². The van der Waals surface area contributed by atoms with Gasteiger partial charge in [-0.05, 0) is 12.1 Å². The zero-order valence-corrected chi connectivity index (χ0v) is 10.2. The number of halogens is 2. The molecule has 0 spiro atoms. The number of rotatable bonds is 7. The molecule has 0 heterocycles. The zero-order valence-electron chi connectivity index (χ0n) is 10.2. The minimum Gasteiger partial charge on any atom is -0.372 e. The van der Waals surface area contributed by atoms with Crippen molar-refractivity contribution in [3.05, 3.63) is 35.9 Å². The maximum absolute atomic E-state index is 12.1. The highest BCUT2D eigenvalue weighted by molar-refractivity contribution is 5.31. The van der Waals surface area contributed by atoms with Crippen molar-refractivity contribution in [3.63, 3.8) is 0 Å². The number of hydrogen-bond acceptors (Lipinski definition) is 3. The van der Waals surface area contributed by atoms with E-state index in [1.807, 2.05) is 13.0 Å². The van der Waals surface area contributed by atoms with Gasteiger partial charge in [-0.3, -0.25) is 5.32 Å². The molecule has 0 saturated carbocycles. The molecule has 18 heavy (non-hydrogen) atoms. The van der Waals surface area contributed by atoms with Crippen LogP contribution in [0.2, 0.25) is 0 Å². The van der Waals surface area contributed by atoms with Crippen molar-refractivity contribution in [3.8, 4) is 6.07 Å². The Morgan fingerprint density at radius 3 is 2.56 bits per heavy atom. The number of nitrogens with zero attached hydrogens (tertiary/aromatic N) is 1. The zero-order chi connectivity index (χ0) is 13.4. The van der Waals surface area contributed by atoms with E-state index in [0.717, 1.165) is 0 Å². The molecule has 0 saturated heterocycles. The van der Waals surface area contributed by atoms with E-state index in [1.165, 1.54) is 0 Å². The van der Waals surface area contributed by atoms with E-state index in [4.69, 9.17) is 4.74 Å². The fourth-order valence-corrected chi connectivity index (χ4v) is 1.70. The number of nitrogens with one attached hydrogen (secondary N) is 1. The fraction of sp³-hybridized carbons (Fsp3) is 0.462. The molecule has 1 N–H and O–H groups in total. The third kappa shape index (κ3) is 3.76. The average molecular weight is 254 g/mol. The second-order valence-corrected chi connectivity index (χ2v) is 3.82. The van der Waals surface area contributed by atoms with Gasteiger partial charge in [0.2, 0.25) is 0 Å². The molecule has 5 heteroatoms. The van der Waals surface area contributed by atoms with Crippen LogP contribution in [0.5, 0.6) is 0 Å². The summed E-state index contributed by atoms with van der Waals surface area (Å²) in [6.45, 7) is 1.62. The summed E-state index contributed by atoms with van der Waals surface area (Å²) in [5.74, 6) is 0. The predicted molar refractivity (Wildman–Crippen MR) is 64.2 cm³/mol. The molecule has 3 nitrogen and oxygen atoms in total. The molecule has 1 aromatic carbocycles. The van der Waals surface area contributed by atoms with Gasteiger partial charge >= 0.3 is 0 Å². The molecular formula is C13H16F2N2O. The molecule has 0 aliphatic rings. The number of benzene rings is 1. The van der Waals surface area contributed by atoms with Gasteiger partial charge in [0.05, 0.1) is 12.7 Å². The van der Waals surface area contributed by atoms with Crippen molar-refractivity contribution in [1.82, 2.24) is 5.32 Å². The van der Waals surface area contributed by atoms with E-state index in [1.54, 1.807) is 24.3 Å². The van der Waals surface area contributed by atoms with Crippen LogP contribution in [0.4, 0.5) is 8.78 Å². The SMILES string of the molecule is CCNC(C#N)(COCC(F)F)c1ccccc1. The number of alkyl halides is 2. The smallest absolute Gasteiger partial charge is 0.261 e. The maximum Gasteiger partial charge on any atom is 0.261 e. The molecule has 0 aromatic heterocycles. The monoisotopic (exact) mass is 254 g/mol. The minimum atomic E-state index is -2.53. The Morgan fingerprint density at radius 2 is 2.06 bits per heavy atom. The number of hydrogen-bond donors (Lipinski definition) is 1. The minimum absolute atomic E-state index is 0.105. The predicted octanol–water partition coefficient (Wildman–Crippen LogP) is 2.30. The van der Waals surface area contributed by atoms with Crippen molar-refractivity contribution in [2.75, 3.05) is 19.8 Å². The largest absolute Gasteiger partial charge is 0.372 e. The van der Waals surface area contributed by atoms with E-state index in [9.17, 15) is 14.0 Å². The Bertz CT molecular complexity index is 392. The summed E-state index contributed by atoms with van der Waals surface area (Å²) in [6, 6.07) is 11.1. The van der Waals surface area contributed by atoms with Gasteiger partial charge in [-0.15, -0.1) is 0 Å². The molecule has 0 bridgehead atoms. The van der Waals surface area contributed by atoms with Gasteiger partial charge in [-0.25, -0.2) is 8.78 Å². The van der Waals surface area contributed by atoms with Crippen molar-refractivity contribution < 1.29 is 13.5 Å². The van der Waals surface area contributed by atoms with Crippen LogP contribution < -0.4 is 5.32 Å². The van der Waals surface area contributed by atoms with E-state index in [-0.39, 0.29) is 6.61 Å². The molecule has 0 amide bonds. The maximum atomic E-state index is 12.1. The third-order valence-electron chi connectivity index (χ3n) is 2.50. The van der Waals surface area contributed by atoms with Crippen molar-refractivity contribution >= 4 is 0 Å².